The summed E-state index contributed by atoms with van der Waals surface area (Å²) in [6.45, 7) is 4.94. The Morgan fingerprint density at radius 2 is 2.18 bits per heavy atom. The number of aromatic nitrogens is 1. The van der Waals surface area contributed by atoms with Gasteiger partial charge in [-0.2, -0.15) is 0 Å². The molecule has 28 heavy (non-hydrogen) atoms. The molecule has 1 amide bonds. The minimum Gasteiger partial charge on any atom is -0.461 e. The van der Waals surface area contributed by atoms with Gasteiger partial charge in [0.15, 0.2) is 5.76 Å². The zero-order valence-corrected chi connectivity index (χ0v) is 16.3. The molecule has 1 saturated heterocycles. The fourth-order valence-corrected chi connectivity index (χ4v) is 4.38. The Labute approximate surface area is 164 Å². The standard InChI is InChI=1S/C21H26N2O5/c1-13-5-3-6-17(14(13)2)23-11-15(9-20(23)24)21(25)27-12-16-10-19(28-22-16)18-7-4-8-26-18/h4,7-8,10,13-15,17H,3,5-6,9,11-12H2,1-2H3/t13-,14+,15+,17-/m0/s1. The molecule has 2 aliphatic rings. The summed E-state index contributed by atoms with van der Waals surface area (Å²) in [4.78, 5) is 26.9. The number of likely N-dealkylation sites (tertiary alicyclic amines) is 1. The lowest BCUT2D eigenvalue weighted by Crippen LogP contribution is -2.45. The number of ether oxygens (including phenoxy) is 1. The molecule has 3 heterocycles. The van der Waals surface area contributed by atoms with Crippen molar-refractivity contribution >= 4 is 11.9 Å². The van der Waals surface area contributed by atoms with Crippen LogP contribution in [0.25, 0.3) is 11.5 Å². The van der Waals surface area contributed by atoms with E-state index in [1.165, 1.54) is 6.42 Å². The van der Waals surface area contributed by atoms with Gasteiger partial charge in [0.25, 0.3) is 0 Å². The summed E-state index contributed by atoms with van der Waals surface area (Å²) < 4.78 is 15.9. The Hall–Kier alpha value is -2.57. The number of rotatable bonds is 5. The van der Waals surface area contributed by atoms with Crippen molar-refractivity contribution < 1.29 is 23.3 Å². The van der Waals surface area contributed by atoms with Gasteiger partial charge in [-0.1, -0.05) is 31.8 Å². The smallest absolute Gasteiger partial charge is 0.311 e. The van der Waals surface area contributed by atoms with Gasteiger partial charge in [-0.15, -0.1) is 0 Å². The average molecular weight is 386 g/mol. The third kappa shape index (κ3) is 3.70. The van der Waals surface area contributed by atoms with E-state index in [1.54, 1.807) is 24.5 Å². The molecule has 2 aromatic rings. The van der Waals surface area contributed by atoms with E-state index in [2.05, 4.69) is 19.0 Å². The highest BCUT2D eigenvalue weighted by molar-refractivity contribution is 5.87. The maximum atomic E-state index is 12.5. The Bertz CT molecular complexity index is 828. The van der Waals surface area contributed by atoms with E-state index in [4.69, 9.17) is 13.7 Å². The van der Waals surface area contributed by atoms with Gasteiger partial charge in [0, 0.05) is 25.1 Å². The van der Waals surface area contributed by atoms with E-state index in [1.807, 2.05) is 4.90 Å². The molecule has 0 bridgehead atoms. The molecular weight excluding hydrogens is 360 g/mol. The molecule has 0 unspecified atom stereocenters. The first-order chi connectivity index (χ1) is 13.5. The number of carbonyl (C=O) groups is 2. The number of esters is 1. The number of amides is 1. The second-order valence-electron chi connectivity index (χ2n) is 8.05. The fraction of sp³-hybridized carbons (Fsp3) is 0.571. The number of carbonyl (C=O) groups excluding carboxylic acids is 2. The van der Waals surface area contributed by atoms with Crippen molar-refractivity contribution in [3.63, 3.8) is 0 Å². The third-order valence-corrected chi connectivity index (χ3v) is 6.24. The topological polar surface area (TPSA) is 85.8 Å². The second-order valence-corrected chi connectivity index (χ2v) is 8.05. The van der Waals surface area contributed by atoms with Crippen molar-refractivity contribution in [2.45, 2.75) is 52.2 Å². The molecule has 0 radical (unpaired) electrons. The number of furan rings is 1. The SMILES string of the molecule is C[C@@H]1[C@@H](C)CCC[C@@H]1N1C[C@H](C(=O)OCc2cc(-c3ccco3)on2)CC1=O. The minimum absolute atomic E-state index is 0.0185. The fourth-order valence-electron chi connectivity index (χ4n) is 4.38. The molecule has 7 nitrogen and oxygen atoms in total. The predicted octanol–water partition coefficient (Wildman–Crippen LogP) is 3.65. The van der Waals surface area contributed by atoms with Crippen LogP contribution >= 0.6 is 0 Å². The Morgan fingerprint density at radius 1 is 1.32 bits per heavy atom. The van der Waals surface area contributed by atoms with Gasteiger partial charge in [-0.3, -0.25) is 9.59 Å². The third-order valence-electron chi connectivity index (χ3n) is 6.24. The lowest BCUT2D eigenvalue weighted by atomic mass is 9.77. The van der Waals surface area contributed by atoms with E-state index >= 15 is 0 Å². The van der Waals surface area contributed by atoms with Gasteiger partial charge in [0.05, 0.1) is 12.2 Å². The highest BCUT2D eigenvalue weighted by Gasteiger charge is 2.42. The van der Waals surface area contributed by atoms with Crippen LogP contribution in [0.5, 0.6) is 0 Å². The number of hydrogen-bond donors (Lipinski definition) is 0. The first-order valence-corrected chi connectivity index (χ1v) is 9.98. The molecule has 150 valence electrons. The molecule has 2 aromatic heterocycles. The van der Waals surface area contributed by atoms with Crippen LogP contribution in [-0.4, -0.2) is 34.5 Å². The predicted molar refractivity (Wildman–Crippen MR) is 99.8 cm³/mol. The van der Waals surface area contributed by atoms with Crippen molar-refractivity contribution in [1.82, 2.24) is 10.1 Å². The van der Waals surface area contributed by atoms with Gasteiger partial charge in [0.1, 0.15) is 12.3 Å². The summed E-state index contributed by atoms with van der Waals surface area (Å²) in [6, 6.07) is 5.44. The van der Waals surface area contributed by atoms with Crippen molar-refractivity contribution in [3.8, 4) is 11.5 Å². The van der Waals surface area contributed by atoms with Gasteiger partial charge in [-0.05, 0) is 30.4 Å². The summed E-state index contributed by atoms with van der Waals surface area (Å²) in [5, 5.41) is 3.90. The first kappa shape index (κ1) is 18.8. The lowest BCUT2D eigenvalue weighted by Gasteiger charge is -2.39. The molecule has 7 heteroatoms. The normalized spacial score (nSPS) is 27.9. The van der Waals surface area contributed by atoms with E-state index in [0.717, 1.165) is 12.8 Å². The molecule has 0 aromatic carbocycles. The second kappa shape index (κ2) is 7.81. The quantitative estimate of drug-likeness (QED) is 0.729. The van der Waals surface area contributed by atoms with Crippen LogP contribution in [0, 0.1) is 17.8 Å². The van der Waals surface area contributed by atoms with E-state index in [0.29, 0.717) is 35.6 Å². The van der Waals surface area contributed by atoms with Crippen LogP contribution in [0.2, 0.25) is 0 Å². The van der Waals surface area contributed by atoms with Crippen LogP contribution in [0.4, 0.5) is 0 Å². The van der Waals surface area contributed by atoms with E-state index in [-0.39, 0.29) is 30.9 Å². The zero-order valence-electron chi connectivity index (χ0n) is 16.3. The molecule has 1 saturated carbocycles. The van der Waals surface area contributed by atoms with Gasteiger partial charge < -0.3 is 18.6 Å². The van der Waals surface area contributed by atoms with E-state index in [9.17, 15) is 9.59 Å². The monoisotopic (exact) mass is 386 g/mol. The first-order valence-electron chi connectivity index (χ1n) is 9.98. The van der Waals surface area contributed by atoms with Crippen molar-refractivity contribution in [3.05, 3.63) is 30.2 Å². The maximum absolute atomic E-state index is 12.5. The highest BCUT2D eigenvalue weighted by atomic mass is 16.5. The number of hydrogen-bond acceptors (Lipinski definition) is 6. The summed E-state index contributed by atoms with van der Waals surface area (Å²) in [5.74, 6) is 1.42. The van der Waals surface area contributed by atoms with Gasteiger partial charge in [0.2, 0.25) is 11.7 Å². The average Bonchev–Trinajstić information content (AvgIpc) is 3.42. The van der Waals surface area contributed by atoms with Crippen LogP contribution in [-0.2, 0) is 20.9 Å². The van der Waals surface area contributed by atoms with Crippen LogP contribution in [0.3, 0.4) is 0 Å². The summed E-state index contributed by atoms with van der Waals surface area (Å²) >= 11 is 0. The molecule has 0 spiro atoms. The molecule has 4 rings (SSSR count). The minimum atomic E-state index is -0.409. The van der Waals surface area contributed by atoms with Gasteiger partial charge in [-0.25, -0.2) is 0 Å². The molecular formula is C21H26N2O5. The molecule has 4 atom stereocenters. The Morgan fingerprint density at radius 3 is 2.96 bits per heavy atom. The van der Waals surface area contributed by atoms with Crippen molar-refractivity contribution in [1.29, 1.82) is 0 Å². The molecule has 0 N–H and O–H groups in total. The maximum Gasteiger partial charge on any atom is 0.311 e. The van der Waals surface area contributed by atoms with Crippen LogP contribution in [0.15, 0.2) is 33.4 Å². The highest BCUT2D eigenvalue weighted by Crippen LogP contribution is 2.36. The van der Waals surface area contributed by atoms with Crippen LogP contribution < -0.4 is 0 Å². The Kier molecular flexibility index (Phi) is 5.24. The summed E-state index contributed by atoms with van der Waals surface area (Å²) in [7, 11) is 0. The van der Waals surface area contributed by atoms with Crippen molar-refractivity contribution in [2.75, 3.05) is 6.54 Å². The van der Waals surface area contributed by atoms with Crippen molar-refractivity contribution in [2.24, 2.45) is 17.8 Å². The Balaban J connectivity index is 1.32. The lowest BCUT2D eigenvalue weighted by molar-refractivity contribution is -0.149. The summed E-state index contributed by atoms with van der Waals surface area (Å²) in [6.07, 6.45) is 5.15. The van der Waals surface area contributed by atoms with E-state index < -0.39 is 5.92 Å². The number of nitrogens with zero attached hydrogens (tertiary/aromatic N) is 2. The van der Waals surface area contributed by atoms with Gasteiger partial charge >= 0.3 is 5.97 Å². The van der Waals surface area contributed by atoms with Crippen LogP contribution in [0.1, 0.15) is 45.2 Å². The molecule has 1 aliphatic carbocycles. The molecule has 2 fully saturated rings. The molecule has 1 aliphatic heterocycles. The zero-order chi connectivity index (χ0) is 19.7. The summed E-state index contributed by atoms with van der Waals surface area (Å²) in [5.41, 5.74) is 0.510. The largest absolute Gasteiger partial charge is 0.461 e.